The highest BCUT2D eigenvalue weighted by atomic mass is 32.2. The second-order valence-electron chi connectivity index (χ2n) is 6.14. The molecule has 0 radical (unpaired) electrons. The molecular weight excluding hydrogens is 300 g/mol. The summed E-state index contributed by atoms with van der Waals surface area (Å²) in [6, 6.07) is 0.483. The van der Waals surface area contributed by atoms with Crippen LogP contribution in [0, 0.1) is 0 Å². The van der Waals surface area contributed by atoms with E-state index >= 15 is 0 Å². The van der Waals surface area contributed by atoms with Crippen molar-refractivity contribution >= 4 is 33.9 Å². The molecule has 1 aliphatic heterocycles. The Morgan fingerprint density at radius 1 is 1.33 bits per heavy atom. The zero-order chi connectivity index (χ0) is 15.0. The van der Waals surface area contributed by atoms with Crippen molar-refractivity contribution in [3.8, 4) is 0 Å². The standard InChI is InChI=1S/C15H24N4S2/c1-10(2)16-7-13-14(17-15-19(13)5-6-20-15)18-8-11(3)21-12(4)9-18/h5-6,10-12,16H,7-9H2,1-4H3. The van der Waals surface area contributed by atoms with Crippen molar-refractivity contribution in [2.45, 2.75) is 50.8 Å². The van der Waals surface area contributed by atoms with Gasteiger partial charge >= 0.3 is 0 Å². The number of nitrogens with zero attached hydrogens (tertiary/aromatic N) is 3. The second kappa shape index (κ2) is 6.18. The van der Waals surface area contributed by atoms with E-state index in [9.17, 15) is 0 Å². The largest absolute Gasteiger partial charge is 0.353 e. The van der Waals surface area contributed by atoms with Crippen LogP contribution in [0.2, 0.25) is 0 Å². The summed E-state index contributed by atoms with van der Waals surface area (Å²) in [5.74, 6) is 1.18. The van der Waals surface area contributed by atoms with Crippen molar-refractivity contribution in [1.82, 2.24) is 14.7 Å². The van der Waals surface area contributed by atoms with E-state index in [0.717, 1.165) is 24.6 Å². The Balaban J connectivity index is 1.92. The molecule has 0 aliphatic carbocycles. The van der Waals surface area contributed by atoms with E-state index in [1.165, 1.54) is 11.5 Å². The highest BCUT2D eigenvalue weighted by Crippen LogP contribution is 2.31. The van der Waals surface area contributed by atoms with E-state index in [2.05, 4.69) is 65.7 Å². The molecule has 0 saturated carbocycles. The van der Waals surface area contributed by atoms with Crippen LogP contribution in [0.4, 0.5) is 5.82 Å². The highest BCUT2D eigenvalue weighted by Gasteiger charge is 2.27. The van der Waals surface area contributed by atoms with Gasteiger partial charge in [-0.2, -0.15) is 11.8 Å². The van der Waals surface area contributed by atoms with E-state index in [4.69, 9.17) is 4.98 Å². The summed E-state index contributed by atoms with van der Waals surface area (Å²) >= 11 is 3.80. The van der Waals surface area contributed by atoms with Gasteiger partial charge < -0.3 is 10.2 Å². The minimum absolute atomic E-state index is 0.483. The molecule has 116 valence electrons. The molecule has 21 heavy (non-hydrogen) atoms. The van der Waals surface area contributed by atoms with Gasteiger partial charge in [-0.3, -0.25) is 4.40 Å². The van der Waals surface area contributed by atoms with Gasteiger partial charge in [0.2, 0.25) is 0 Å². The number of imidazole rings is 1. The Morgan fingerprint density at radius 2 is 2.05 bits per heavy atom. The maximum Gasteiger partial charge on any atom is 0.195 e. The number of nitrogens with one attached hydrogen (secondary N) is 1. The molecule has 0 bridgehead atoms. The van der Waals surface area contributed by atoms with Gasteiger partial charge in [0, 0.05) is 47.8 Å². The number of rotatable bonds is 4. The van der Waals surface area contributed by atoms with Gasteiger partial charge in [-0.25, -0.2) is 4.98 Å². The molecule has 6 heteroatoms. The van der Waals surface area contributed by atoms with Crippen LogP contribution in [-0.2, 0) is 6.54 Å². The zero-order valence-corrected chi connectivity index (χ0v) is 14.8. The Labute approximate surface area is 134 Å². The van der Waals surface area contributed by atoms with Crippen LogP contribution in [0.1, 0.15) is 33.4 Å². The van der Waals surface area contributed by atoms with Crippen LogP contribution in [-0.4, -0.2) is 39.0 Å². The quantitative estimate of drug-likeness (QED) is 0.936. The number of thioether (sulfide) groups is 1. The first-order valence-corrected chi connectivity index (χ1v) is 9.45. The van der Waals surface area contributed by atoms with Crippen molar-refractivity contribution < 1.29 is 0 Å². The zero-order valence-electron chi connectivity index (χ0n) is 13.2. The summed E-state index contributed by atoms with van der Waals surface area (Å²) in [5.41, 5.74) is 1.30. The molecule has 0 amide bonds. The van der Waals surface area contributed by atoms with Gasteiger partial charge in [0.25, 0.3) is 0 Å². The average molecular weight is 325 g/mol. The van der Waals surface area contributed by atoms with Gasteiger partial charge in [-0.1, -0.05) is 27.7 Å². The molecule has 3 rings (SSSR count). The predicted octanol–water partition coefficient (Wildman–Crippen LogP) is 3.22. The first-order chi connectivity index (χ1) is 10.0. The van der Waals surface area contributed by atoms with Crippen molar-refractivity contribution in [3.05, 3.63) is 17.3 Å². The molecule has 3 heterocycles. The van der Waals surface area contributed by atoms with Crippen LogP contribution < -0.4 is 10.2 Å². The molecule has 2 unspecified atom stereocenters. The number of hydrogen-bond donors (Lipinski definition) is 1. The molecule has 1 N–H and O–H groups in total. The molecule has 0 aromatic carbocycles. The molecule has 0 spiro atoms. The first kappa shape index (κ1) is 15.2. The number of aromatic nitrogens is 2. The van der Waals surface area contributed by atoms with Crippen LogP contribution in [0.15, 0.2) is 11.6 Å². The van der Waals surface area contributed by atoms with Gasteiger partial charge in [-0.15, -0.1) is 11.3 Å². The molecule has 1 aliphatic rings. The Morgan fingerprint density at radius 3 is 2.71 bits per heavy atom. The van der Waals surface area contributed by atoms with Crippen LogP contribution in [0.5, 0.6) is 0 Å². The minimum Gasteiger partial charge on any atom is -0.353 e. The van der Waals surface area contributed by atoms with Gasteiger partial charge in [0.05, 0.1) is 5.69 Å². The van der Waals surface area contributed by atoms with Crippen LogP contribution in [0.3, 0.4) is 0 Å². The fourth-order valence-corrected chi connectivity index (χ4v) is 4.94. The summed E-state index contributed by atoms with van der Waals surface area (Å²) in [5, 5.41) is 6.99. The summed E-state index contributed by atoms with van der Waals surface area (Å²) in [6.45, 7) is 12.1. The SMILES string of the molecule is CC(C)NCc1c(N2CC(C)SC(C)C2)nc2sccn12. The summed E-state index contributed by atoms with van der Waals surface area (Å²) < 4.78 is 2.24. The fraction of sp³-hybridized carbons (Fsp3) is 0.667. The first-order valence-electron chi connectivity index (χ1n) is 7.62. The van der Waals surface area contributed by atoms with Crippen LogP contribution in [0.25, 0.3) is 4.96 Å². The molecule has 2 aromatic rings. The highest BCUT2D eigenvalue weighted by molar-refractivity contribution is 8.00. The molecular formula is C15H24N4S2. The van der Waals surface area contributed by atoms with E-state index in [1.54, 1.807) is 11.3 Å². The Kier molecular flexibility index (Phi) is 4.47. The van der Waals surface area contributed by atoms with Crippen molar-refractivity contribution in [2.24, 2.45) is 0 Å². The van der Waals surface area contributed by atoms with Gasteiger partial charge in [-0.05, 0) is 0 Å². The number of hydrogen-bond acceptors (Lipinski definition) is 5. The lowest BCUT2D eigenvalue weighted by atomic mass is 10.3. The second-order valence-corrected chi connectivity index (χ2v) is 8.89. The van der Waals surface area contributed by atoms with Crippen molar-refractivity contribution in [3.63, 3.8) is 0 Å². The number of anilines is 1. The third-order valence-electron chi connectivity index (χ3n) is 3.74. The lowest BCUT2D eigenvalue weighted by molar-refractivity contribution is 0.577. The molecule has 4 nitrogen and oxygen atoms in total. The van der Waals surface area contributed by atoms with E-state index in [-0.39, 0.29) is 0 Å². The maximum absolute atomic E-state index is 4.90. The molecule has 2 atom stereocenters. The van der Waals surface area contributed by atoms with Gasteiger partial charge in [0.15, 0.2) is 10.8 Å². The molecule has 1 fully saturated rings. The lowest BCUT2D eigenvalue weighted by Crippen LogP contribution is -2.41. The third kappa shape index (κ3) is 3.22. The fourth-order valence-electron chi connectivity index (χ4n) is 2.89. The summed E-state index contributed by atoms with van der Waals surface area (Å²) in [4.78, 5) is 8.48. The van der Waals surface area contributed by atoms with E-state index in [0.29, 0.717) is 16.5 Å². The van der Waals surface area contributed by atoms with Crippen molar-refractivity contribution in [2.75, 3.05) is 18.0 Å². The molecule has 2 aromatic heterocycles. The predicted molar refractivity (Wildman–Crippen MR) is 93.8 cm³/mol. The van der Waals surface area contributed by atoms with Crippen LogP contribution >= 0.6 is 23.1 Å². The monoisotopic (exact) mass is 324 g/mol. The van der Waals surface area contributed by atoms with Gasteiger partial charge in [0.1, 0.15) is 0 Å². The minimum atomic E-state index is 0.483. The number of thiazole rings is 1. The third-order valence-corrected chi connectivity index (χ3v) is 5.72. The number of fused-ring (bicyclic) bond motifs is 1. The molecule has 1 saturated heterocycles. The maximum atomic E-state index is 4.90. The average Bonchev–Trinajstić information content (AvgIpc) is 2.95. The van der Waals surface area contributed by atoms with E-state index < -0.39 is 0 Å². The summed E-state index contributed by atoms with van der Waals surface area (Å²) in [6.07, 6.45) is 2.14. The lowest BCUT2D eigenvalue weighted by Gasteiger charge is -2.35. The Bertz CT molecular complexity index is 594. The van der Waals surface area contributed by atoms with Crippen molar-refractivity contribution in [1.29, 1.82) is 0 Å². The summed E-state index contributed by atoms with van der Waals surface area (Å²) in [7, 11) is 0. The topological polar surface area (TPSA) is 32.6 Å². The normalized spacial score (nSPS) is 23.4. The smallest absolute Gasteiger partial charge is 0.195 e. The van der Waals surface area contributed by atoms with E-state index in [1.807, 2.05) is 0 Å². The Hall–Kier alpha value is -0.720.